The van der Waals surface area contributed by atoms with Gasteiger partial charge in [-0.15, -0.1) is 0 Å². The van der Waals surface area contributed by atoms with Crippen LogP contribution in [0.4, 0.5) is 9.52 Å². The second-order valence-corrected chi connectivity index (χ2v) is 6.52. The third kappa shape index (κ3) is 3.97. The molecule has 0 unspecified atom stereocenters. The SMILES string of the molecule is Nc1nc(C(Cl)Cl)c(C(=O)NCc2ccc(F)cc2Cl)s1. The predicted octanol–water partition coefficient (Wildman–Crippen LogP) is 3.92. The van der Waals surface area contributed by atoms with Crippen LogP contribution >= 0.6 is 46.1 Å². The minimum atomic E-state index is -0.950. The normalized spacial score (nSPS) is 10.9. The summed E-state index contributed by atoms with van der Waals surface area (Å²) in [7, 11) is 0. The molecular weight excluding hydrogens is 360 g/mol. The maximum Gasteiger partial charge on any atom is 0.263 e. The van der Waals surface area contributed by atoms with Crippen LogP contribution < -0.4 is 11.1 Å². The molecule has 0 aliphatic carbocycles. The number of carbonyl (C=O) groups is 1. The first-order chi connectivity index (χ1) is 9.88. The number of nitrogens with two attached hydrogens (primary N) is 1. The number of anilines is 1. The van der Waals surface area contributed by atoms with Gasteiger partial charge in [0.1, 0.15) is 10.7 Å². The highest BCUT2D eigenvalue weighted by Crippen LogP contribution is 2.32. The van der Waals surface area contributed by atoms with Crippen molar-refractivity contribution >= 4 is 57.2 Å². The molecule has 0 atom stereocenters. The number of amides is 1. The van der Waals surface area contributed by atoms with Crippen LogP contribution in [0.25, 0.3) is 0 Å². The molecule has 3 N–H and O–H groups in total. The molecule has 1 aromatic heterocycles. The Balaban J connectivity index is 2.12. The molecule has 0 aliphatic rings. The van der Waals surface area contributed by atoms with E-state index in [1.54, 1.807) is 0 Å². The van der Waals surface area contributed by atoms with Gasteiger partial charge < -0.3 is 11.1 Å². The highest BCUT2D eigenvalue weighted by atomic mass is 35.5. The number of thiazole rings is 1. The fourth-order valence-corrected chi connectivity index (χ4v) is 3.05. The first-order valence-electron chi connectivity index (χ1n) is 5.65. The number of nitrogens with one attached hydrogen (secondary N) is 1. The van der Waals surface area contributed by atoms with Crippen LogP contribution in [-0.2, 0) is 6.54 Å². The van der Waals surface area contributed by atoms with Crippen molar-refractivity contribution in [2.75, 3.05) is 5.73 Å². The minimum absolute atomic E-state index is 0.129. The number of carbonyl (C=O) groups excluding carboxylic acids is 1. The number of hydrogen-bond acceptors (Lipinski definition) is 4. The summed E-state index contributed by atoms with van der Waals surface area (Å²) in [6.45, 7) is 0.129. The monoisotopic (exact) mass is 367 g/mol. The van der Waals surface area contributed by atoms with E-state index in [2.05, 4.69) is 10.3 Å². The zero-order valence-corrected chi connectivity index (χ0v) is 13.5. The van der Waals surface area contributed by atoms with Gasteiger partial charge in [0.15, 0.2) is 9.97 Å². The van der Waals surface area contributed by atoms with Gasteiger partial charge in [-0.3, -0.25) is 4.79 Å². The third-order valence-electron chi connectivity index (χ3n) is 2.54. The fraction of sp³-hybridized carbons (Fsp3) is 0.167. The summed E-state index contributed by atoms with van der Waals surface area (Å²) >= 11 is 18.3. The van der Waals surface area contributed by atoms with Crippen molar-refractivity contribution in [2.45, 2.75) is 11.4 Å². The lowest BCUT2D eigenvalue weighted by Gasteiger charge is -2.07. The van der Waals surface area contributed by atoms with Gasteiger partial charge in [-0.2, -0.15) is 0 Å². The van der Waals surface area contributed by atoms with E-state index in [0.29, 0.717) is 5.56 Å². The molecule has 0 radical (unpaired) electrons. The van der Waals surface area contributed by atoms with Crippen LogP contribution in [0.1, 0.15) is 25.8 Å². The number of benzene rings is 1. The Hall–Kier alpha value is -1.08. The molecule has 112 valence electrons. The zero-order valence-electron chi connectivity index (χ0n) is 10.4. The van der Waals surface area contributed by atoms with Gasteiger partial charge in [0.2, 0.25) is 0 Å². The molecule has 4 nitrogen and oxygen atoms in total. The standard InChI is InChI=1S/C12H9Cl3FN3OS/c13-7-3-6(16)2-1-5(7)4-18-11(20)9-8(10(14)15)19-12(17)21-9/h1-3,10H,4H2,(H2,17,19)(H,18,20). The van der Waals surface area contributed by atoms with E-state index >= 15 is 0 Å². The molecule has 0 saturated carbocycles. The number of aromatic nitrogens is 1. The molecule has 0 saturated heterocycles. The van der Waals surface area contributed by atoms with Gasteiger partial charge in [0, 0.05) is 11.6 Å². The Bertz CT molecular complexity index is 678. The van der Waals surface area contributed by atoms with Crippen LogP contribution in [0.2, 0.25) is 5.02 Å². The molecule has 9 heteroatoms. The highest BCUT2D eigenvalue weighted by Gasteiger charge is 2.21. The van der Waals surface area contributed by atoms with Crippen molar-refractivity contribution in [1.29, 1.82) is 0 Å². The van der Waals surface area contributed by atoms with Crippen molar-refractivity contribution in [3.63, 3.8) is 0 Å². The Kier molecular flexibility index (Phi) is 5.27. The lowest BCUT2D eigenvalue weighted by molar-refractivity contribution is 0.0954. The summed E-state index contributed by atoms with van der Waals surface area (Å²) in [6, 6.07) is 3.93. The highest BCUT2D eigenvalue weighted by molar-refractivity contribution is 7.17. The molecular formula is C12H9Cl3FN3OS. The smallest absolute Gasteiger partial charge is 0.263 e. The lowest BCUT2D eigenvalue weighted by atomic mass is 10.2. The van der Waals surface area contributed by atoms with E-state index in [4.69, 9.17) is 40.5 Å². The van der Waals surface area contributed by atoms with E-state index in [-0.39, 0.29) is 27.3 Å². The average molecular weight is 369 g/mol. The van der Waals surface area contributed by atoms with Gasteiger partial charge >= 0.3 is 0 Å². The van der Waals surface area contributed by atoms with E-state index in [9.17, 15) is 9.18 Å². The molecule has 0 spiro atoms. The second kappa shape index (κ2) is 6.79. The van der Waals surface area contributed by atoms with Crippen LogP contribution in [0, 0.1) is 5.82 Å². The van der Waals surface area contributed by atoms with Crippen molar-refractivity contribution in [3.8, 4) is 0 Å². The number of rotatable bonds is 4. The van der Waals surface area contributed by atoms with Gasteiger partial charge in [-0.25, -0.2) is 9.37 Å². The summed E-state index contributed by atoms with van der Waals surface area (Å²) in [5.74, 6) is -0.870. The lowest BCUT2D eigenvalue weighted by Crippen LogP contribution is -2.23. The summed E-state index contributed by atoms with van der Waals surface area (Å²) in [4.78, 5) is 15.3. The molecule has 21 heavy (non-hydrogen) atoms. The number of nitrogen functional groups attached to an aromatic ring is 1. The molecule has 0 fully saturated rings. The van der Waals surface area contributed by atoms with E-state index in [1.165, 1.54) is 18.2 Å². The zero-order chi connectivity index (χ0) is 15.6. The first-order valence-corrected chi connectivity index (χ1v) is 7.71. The minimum Gasteiger partial charge on any atom is -0.375 e. The number of halogens is 4. The predicted molar refractivity (Wildman–Crippen MR) is 83.6 cm³/mol. The first kappa shape index (κ1) is 16.3. The van der Waals surface area contributed by atoms with Gasteiger partial charge in [-0.1, -0.05) is 52.2 Å². The summed E-state index contributed by atoms with van der Waals surface area (Å²) in [6.07, 6.45) is 0. The average Bonchev–Trinajstić information content (AvgIpc) is 2.80. The largest absolute Gasteiger partial charge is 0.375 e. The van der Waals surface area contributed by atoms with Crippen molar-refractivity contribution in [1.82, 2.24) is 10.3 Å². The summed E-state index contributed by atoms with van der Waals surface area (Å²) in [5.41, 5.74) is 6.34. The molecule has 1 amide bonds. The Morgan fingerprint density at radius 1 is 1.48 bits per heavy atom. The molecule has 2 rings (SSSR count). The third-order valence-corrected chi connectivity index (χ3v) is 4.20. The molecule has 0 aliphatic heterocycles. The van der Waals surface area contributed by atoms with Crippen LogP contribution in [0.5, 0.6) is 0 Å². The molecule has 0 bridgehead atoms. The summed E-state index contributed by atoms with van der Waals surface area (Å²) < 4.78 is 12.9. The van der Waals surface area contributed by atoms with E-state index < -0.39 is 16.6 Å². The summed E-state index contributed by atoms with van der Waals surface area (Å²) in [5, 5.41) is 3.06. The maximum absolute atomic E-state index is 12.9. The van der Waals surface area contributed by atoms with Crippen LogP contribution in [0.3, 0.4) is 0 Å². The van der Waals surface area contributed by atoms with E-state index in [0.717, 1.165) is 11.3 Å². The number of hydrogen-bond donors (Lipinski definition) is 2. The maximum atomic E-state index is 12.9. The molecule has 2 aromatic rings. The number of alkyl halides is 2. The fourth-order valence-electron chi connectivity index (χ4n) is 1.58. The number of nitrogens with zero attached hydrogens (tertiary/aromatic N) is 1. The van der Waals surface area contributed by atoms with Gasteiger partial charge in [-0.05, 0) is 17.7 Å². The van der Waals surface area contributed by atoms with Crippen molar-refractivity contribution < 1.29 is 9.18 Å². The van der Waals surface area contributed by atoms with Gasteiger partial charge in [0.05, 0.1) is 5.69 Å². The van der Waals surface area contributed by atoms with Crippen molar-refractivity contribution in [3.05, 3.63) is 45.2 Å². The second-order valence-electron chi connectivity index (χ2n) is 3.99. The Morgan fingerprint density at radius 3 is 2.81 bits per heavy atom. The molecule has 1 heterocycles. The quantitative estimate of drug-likeness (QED) is 0.804. The molecule has 1 aromatic carbocycles. The Labute approximate surface area is 139 Å². The van der Waals surface area contributed by atoms with Crippen LogP contribution in [0.15, 0.2) is 18.2 Å². The van der Waals surface area contributed by atoms with Gasteiger partial charge in [0.25, 0.3) is 5.91 Å². The van der Waals surface area contributed by atoms with E-state index in [1.807, 2.05) is 0 Å². The topological polar surface area (TPSA) is 68.0 Å². The van der Waals surface area contributed by atoms with Crippen LogP contribution in [-0.4, -0.2) is 10.9 Å². The Morgan fingerprint density at radius 2 is 2.19 bits per heavy atom. The van der Waals surface area contributed by atoms with Crippen molar-refractivity contribution in [2.24, 2.45) is 0 Å².